The number of amides is 1. The molecule has 2 aliphatic heterocycles. The first-order chi connectivity index (χ1) is 10.2. The summed E-state index contributed by atoms with van der Waals surface area (Å²) in [5, 5.41) is 0. The predicted octanol–water partition coefficient (Wildman–Crippen LogP) is 1.85. The molecule has 0 saturated carbocycles. The van der Waals surface area contributed by atoms with Crippen molar-refractivity contribution in [2.24, 2.45) is 5.73 Å². The summed E-state index contributed by atoms with van der Waals surface area (Å²) in [6, 6.07) is 10.5. The highest BCUT2D eigenvalue weighted by Crippen LogP contribution is 2.21. The number of hydrogen-bond donors (Lipinski definition) is 1. The van der Waals surface area contributed by atoms with Crippen LogP contribution in [-0.4, -0.2) is 54.2 Å². The molecule has 6 heteroatoms. The Bertz CT molecular complexity index is 480. The minimum atomic E-state index is -0.201. The molecule has 2 aliphatic rings. The van der Waals surface area contributed by atoms with Crippen molar-refractivity contribution < 1.29 is 9.53 Å². The van der Waals surface area contributed by atoms with Crippen LogP contribution in [-0.2, 0) is 11.3 Å². The second-order valence-electron chi connectivity index (χ2n) is 6.00. The van der Waals surface area contributed by atoms with E-state index in [0.29, 0.717) is 18.7 Å². The van der Waals surface area contributed by atoms with Gasteiger partial charge in [0, 0.05) is 38.3 Å². The second kappa shape index (κ2) is 7.81. The number of carbonyl (C=O) groups is 1. The van der Waals surface area contributed by atoms with Crippen LogP contribution in [0.25, 0.3) is 0 Å². The summed E-state index contributed by atoms with van der Waals surface area (Å²) in [7, 11) is 0. The number of piperidine rings is 1. The van der Waals surface area contributed by atoms with Gasteiger partial charge in [0.15, 0.2) is 0 Å². The van der Waals surface area contributed by atoms with Gasteiger partial charge in [0.05, 0.1) is 0 Å². The molecule has 0 aliphatic carbocycles. The molecule has 22 heavy (non-hydrogen) atoms. The number of nitrogens with zero attached hydrogens (tertiary/aromatic N) is 2. The summed E-state index contributed by atoms with van der Waals surface area (Å²) in [6.45, 7) is 3.81. The molecular formula is C16H24ClN3O2. The lowest BCUT2D eigenvalue weighted by atomic mass is 9.99. The molecule has 0 bridgehead atoms. The molecule has 0 radical (unpaired) electrons. The van der Waals surface area contributed by atoms with Crippen molar-refractivity contribution in [2.45, 2.75) is 31.5 Å². The Hall–Kier alpha value is -1.30. The third-order valence-electron chi connectivity index (χ3n) is 4.31. The Morgan fingerprint density at radius 1 is 1.23 bits per heavy atom. The van der Waals surface area contributed by atoms with E-state index in [1.807, 2.05) is 35.2 Å². The van der Waals surface area contributed by atoms with E-state index in [1.54, 1.807) is 0 Å². The summed E-state index contributed by atoms with van der Waals surface area (Å²) < 4.78 is 5.41. The Labute approximate surface area is 137 Å². The zero-order valence-electron chi connectivity index (χ0n) is 12.7. The third kappa shape index (κ3) is 4.12. The molecule has 0 spiro atoms. The summed E-state index contributed by atoms with van der Waals surface area (Å²) in [5.41, 5.74) is 6.86. The van der Waals surface area contributed by atoms with E-state index < -0.39 is 0 Å². The van der Waals surface area contributed by atoms with Crippen LogP contribution in [0.1, 0.15) is 18.4 Å². The molecule has 5 nitrogen and oxygen atoms in total. The molecule has 0 aromatic heterocycles. The first-order valence-corrected chi connectivity index (χ1v) is 7.67. The molecule has 1 amide bonds. The number of rotatable bonds is 3. The zero-order chi connectivity index (χ0) is 14.7. The highest BCUT2D eigenvalue weighted by molar-refractivity contribution is 5.85. The quantitative estimate of drug-likeness (QED) is 0.921. The summed E-state index contributed by atoms with van der Waals surface area (Å²) in [5.74, 6) is 0. The molecule has 3 rings (SSSR count). The van der Waals surface area contributed by atoms with Crippen molar-refractivity contribution in [3.63, 3.8) is 0 Å². The standard InChI is InChI=1S/C16H23N3O2.ClH/c17-14-9-19(10-14)15-7-4-8-18(11-15)16(20)21-12-13-5-2-1-3-6-13;/h1-3,5-6,14-15H,4,7-12,17H2;1H. The number of ether oxygens (including phenoxy) is 1. The molecule has 1 aromatic carbocycles. The van der Waals surface area contributed by atoms with E-state index in [-0.39, 0.29) is 18.5 Å². The molecule has 122 valence electrons. The molecule has 1 atom stereocenters. The van der Waals surface area contributed by atoms with Crippen molar-refractivity contribution >= 4 is 18.5 Å². The minimum Gasteiger partial charge on any atom is -0.445 e. The van der Waals surface area contributed by atoms with Crippen LogP contribution in [0.2, 0.25) is 0 Å². The van der Waals surface area contributed by atoms with Crippen LogP contribution >= 0.6 is 12.4 Å². The first kappa shape index (κ1) is 17.1. The van der Waals surface area contributed by atoms with Gasteiger partial charge < -0.3 is 15.4 Å². The maximum absolute atomic E-state index is 12.2. The number of benzene rings is 1. The van der Waals surface area contributed by atoms with Crippen LogP contribution < -0.4 is 5.73 Å². The van der Waals surface area contributed by atoms with E-state index in [0.717, 1.165) is 44.6 Å². The highest BCUT2D eigenvalue weighted by Gasteiger charge is 2.34. The van der Waals surface area contributed by atoms with E-state index >= 15 is 0 Å². The molecule has 2 saturated heterocycles. The Morgan fingerprint density at radius 2 is 1.95 bits per heavy atom. The van der Waals surface area contributed by atoms with Crippen LogP contribution in [0.3, 0.4) is 0 Å². The fraction of sp³-hybridized carbons (Fsp3) is 0.562. The van der Waals surface area contributed by atoms with Gasteiger partial charge in [-0.3, -0.25) is 4.90 Å². The molecule has 2 fully saturated rings. The molecular weight excluding hydrogens is 302 g/mol. The minimum absolute atomic E-state index is 0. The van der Waals surface area contributed by atoms with Crippen LogP contribution in [0.15, 0.2) is 30.3 Å². The van der Waals surface area contributed by atoms with E-state index in [4.69, 9.17) is 10.5 Å². The van der Waals surface area contributed by atoms with E-state index in [9.17, 15) is 4.79 Å². The fourth-order valence-electron chi connectivity index (χ4n) is 3.08. The van der Waals surface area contributed by atoms with Gasteiger partial charge in [-0.1, -0.05) is 30.3 Å². The van der Waals surface area contributed by atoms with Crippen molar-refractivity contribution in [2.75, 3.05) is 26.2 Å². The maximum atomic E-state index is 12.2. The molecule has 1 unspecified atom stereocenters. The van der Waals surface area contributed by atoms with Crippen molar-refractivity contribution in [3.05, 3.63) is 35.9 Å². The lowest BCUT2D eigenvalue weighted by Crippen LogP contribution is -2.62. The SMILES string of the molecule is Cl.NC1CN(C2CCCN(C(=O)OCc3ccccc3)C2)C1. The number of hydrogen-bond acceptors (Lipinski definition) is 4. The number of nitrogens with two attached hydrogens (primary N) is 1. The van der Waals surface area contributed by atoms with Gasteiger partial charge in [-0.25, -0.2) is 4.79 Å². The van der Waals surface area contributed by atoms with Crippen LogP contribution in [0.4, 0.5) is 4.79 Å². The average molecular weight is 326 g/mol. The van der Waals surface area contributed by atoms with Gasteiger partial charge in [0.2, 0.25) is 0 Å². The van der Waals surface area contributed by atoms with Crippen molar-refractivity contribution in [3.8, 4) is 0 Å². The largest absolute Gasteiger partial charge is 0.445 e. The normalized spacial score (nSPS) is 22.6. The lowest BCUT2D eigenvalue weighted by Gasteiger charge is -2.46. The van der Waals surface area contributed by atoms with Gasteiger partial charge in [0.1, 0.15) is 6.61 Å². The average Bonchev–Trinajstić information content (AvgIpc) is 2.50. The molecule has 1 aromatic rings. The van der Waals surface area contributed by atoms with Gasteiger partial charge >= 0.3 is 6.09 Å². The topological polar surface area (TPSA) is 58.8 Å². The fourth-order valence-corrected chi connectivity index (χ4v) is 3.08. The highest BCUT2D eigenvalue weighted by atomic mass is 35.5. The number of likely N-dealkylation sites (tertiary alicyclic amines) is 2. The zero-order valence-corrected chi connectivity index (χ0v) is 13.5. The molecule has 2 N–H and O–H groups in total. The smallest absolute Gasteiger partial charge is 0.410 e. The number of carbonyl (C=O) groups excluding carboxylic acids is 1. The summed E-state index contributed by atoms with van der Waals surface area (Å²) in [6.07, 6.45) is 1.99. The molecule has 2 heterocycles. The van der Waals surface area contributed by atoms with Crippen molar-refractivity contribution in [1.29, 1.82) is 0 Å². The van der Waals surface area contributed by atoms with Gasteiger partial charge in [0.25, 0.3) is 0 Å². The number of halogens is 1. The van der Waals surface area contributed by atoms with Gasteiger partial charge in [-0.05, 0) is 18.4 Å². The Morgan fingerprint density at radius 3 is 2.64 bits per heavy atom. The van der Waals surface area contributed by atoms with Gasteiger partial charge in [-0.2, -0.15) is 0 Å². The third-order valence-corrected chi connectivity index (χ3v) is 4.31. The van der Waals surface area contributed by atoms with Crippen molar-refractivity contribution in [1.82, 2.24) is 9.80 Å². The lowest BCUT2D eigenvalue weighted by molar-refractivity contribution is 0.0309. The monoisotopic (exact) mass is 325 g/mol. The summed E-state index contributed by atoms with van der Waals surface area (Å²) in [4.78, 5) is 16.4. The van der Waals surface area contributed by atoms with Crippen LogP contribution in [0, 0.1) is 0 Å². The summed E-state index contributed by atoms with van der Waals surface area (Å²) >= 11 is 0. The van der Waals surface area contributed by atoms with Gasteiger partial charge in [-0.15, -0.1) is 12.4 Å². The Balaban J connectivity index is 0.00000176. The Kier molecular flexibility index (Phi) is 6.06. The second-order valence-corrected chi connectivity index (χ2v) is 6.00. The van der Waals surface area contributed by atoms with E-state index in [2.05, 4.69) is 4.90 Å². The predicted molar refractivity (Wildman–Crippen MR) is 88.0 cm³/mol. The maximum Gasteiger partial charge on any atom is 0.410 e. The van der Waals surface area contributed by atoms with Crippen LogP contribution in [0.5, 0.6) is 0 Å². The van der Waals surface area contributed by atoms with E-state index in [1.165, 1.54) is 0 Å². The first-order valence-electron chi connectivity index (χ1n) is 7.67.